The molecule has 0 saturated heterocycles. The van der Waals surface area contributed by atoms with E-state index in [0.29, 0.717) is 17.9 Å². The number of thioether (sulfide) groups is 1. The molecule has 0 bridgehead atoms. The van der Waals surface area contributed by atoms with Crippen LogP contribution in [-0.4, -0.2) is 26.3 Å². The highest BCUT2D eigenvalue weighted by Gasteiger charge is 2.12. The van der Waals surface area contributed by atoms with Crippen LogP contribution in [-0.2, 0) is 4.79 Å². The molecule has 4 rings (SSSR count). The molecule has 0 aliphatic heterocycles. The number of carbonyl (C=O) groups is 1. The number of rotatable bonds is 5. The van der Waals surface area contributed by atoms with Gasteiger partial charge in [-0.2, -0.15) is 0 Å². The van der Waals surface area contributed by atoms with Crippen molar-refractivity contribution in [3.05, 3.63) is 66.0 Å². The van der Waals surface area contributed by atoms with Crippen LogP contribution in [0.3, 0.4) is 0 Å². The topological polar surface area (TPSA) is 59.3 Å². The van der Waals surface area contributed by atoms with E-state index in [9.17, 15) is 9.18 Å². The van der Waals surface area contributed by atoms with Crippen LogP contribution < -0.4 is 5.32 Å². The van der Waals surface area contributed by atoms with Gasteiger partial charge >= 0.3 is 0 Å². The third-order valence-electron chi connectivity index (χ3n) is 4.26. The minimum absolute atomic E-state index is 0.122. The maximum absolute atomic E-state index is 12.9. The summed E-state index contributed by atoms with van der Waals surface area (Å²) in [6.45, 7) is 2.06. The Labute approximate surface area is 159 Å². The van der Waals surface area contributed by atoms with Gasteiger partial charge in [-0.1, -0.05) is 30.0 Å². The first kappa shape index (κ1) is 17.5. The van der Waals surface area contributed by atoms with E-state index < -0.39 is 0 Å². The first-order chi connectivity index (χ1) is 13.1. The standard InChI is InChI=1S/C20H17FN4OS/c1-13-12-18-23-24-20(25(18)17-5-3-2-4-16(13)17)27-11-10-19(26)22-15-8-6-14(21)7-9-15/h2-9,12H,10-11H2,1H3,(H,22,26). The Hall–Kier alpha value is -2.93. The summed E-state index contributed by atoms with van der Waals surface area (Å²) in [4.78, 5) is 12.1. The molecule has 1 amide bonds. The van der Waals surface area contributed by atoms with Gasteiger partial charge in [-0.15, -0.1) is 10.2 Å². The van der Waals surface area contributed by atoms with E-state index in [1.807, 2.05) is 28.7 Å². The number of carbonyl (C=O) groups excluding carboxylic acids is 1. The van der Waals surface area contributed by atoms with E-state index in [-0.39, 0.29) is 11.7 Å². The predicted octanol–water partition coefficient (Wildman–Crippen LogP) is 4.45. The lowest BCUT2D eigenvalue weighted by Crippen LogP contribution is -2.12. The van der Waals surface area contributed by atoms with E-state index in [4.69, 9.17) is 0 Å². The number of hydrogen-bond acceptors (Lipinski definition) is 4. The number of aryl methyl sites for hydroxylation is 1. The highest BCUT2D eigenvalue weighted by Crippen LogP contribution is 2.26. The molecule has 2 aromatic carbocycles. The van der Waals surface area contributed by atoms with Gasteiger partial charge in [-0.05, 0) is 48.9 Å². The number of pyridine rings is 1. The Morgan fingerprint density at radius 1 is 1.15 bits per heavy atom. The summed E-state index contributed by atoms with van der Waals surface area (Å²) in [5, 5.41) is 13.2. The predicted molar refractivity (Wildman–Crippen MR) is 106 cm³/mol. The number of aromatic nitrogens is 3. The number of benzene rings is 2. The maximum atomic E-state index is 12.9. The number of para-hydroxylation sites is 1. The molecule has 1 N–H and O–H groups in total. The number of nitrogens with one attached hydrogen (secondary N) is 1. The molecule has 0 saturated carbocycles. The summed E-state index contributed by atoms with van der Waals surface area (Å²) in [5.74, 6) is 0.115. The lowest BCUT2D eigenvalue weighted by molar-refractivity contribution is -0.115. The van der Waals surface area contributed by atoms with Crippen LogP contribution in [0.2, 0.25) is 0 Å². The van der Waals surface area contributed by atoms with Crippen molar-refractivity contribution >= 4 is 39.9 Å². The smallest absolute Gasteiger partial charge is 0.225 e. The molecule has 2 aromatic heterocycles. The van der Waals surface area contributed by atoms with Crippen LogP contribution in [0, 0.1) is 12.7 Å². The van der Waals surface area contributed by atoms with Gasteiger partial charge in [0.25, 0.3) is 0 Å². The average Bonchev–Trinajstić information content (AvgIpc) is 3.07. The zero-order chi connectivity index (χ0) is 18.8. The van der Waals surface area contributed by atoms with Crippen molar-refractivity contribution in [2.24, 2.45) is 0 Å². The molecule has 7 heteroatoms. The second kappa shape index (κ2) is 7.36. The van der Waals surface area contributed by atoms with Gasteiger partial charge in [0.2, 0.25) is 5.91 Å². The lowest BCUT2D eigenvalue weighted by Gasteiger charge is -2.07. The van der Waals surface area contributed by atoms with E-state index in [2.05, 4.69) is 28.5 Å². The fourth-order valence-electron chi connectivity index (χ4n) is 2.96. The molecular formula is C20H17FN4OS. The molecule has 0 radical (unpaired) electrons. The number of anilines is 1. The Morgan fingerprint density at radius 2 is 1.93 bits per heavy atom. The second-order valence-corrected chi connectivity index (χ2v) is 7.24. The number of fused-ring (bicyclic) bond motifs is 3. The lowest BCUT2D eigenvalue weighted by atomic mass is 10.1. The highest BCUT2D eigenvalue weighted by atomic mass is 32.2. The summed E-state index contributed by atoms with van der Waals surface area (Å²) in [6.07, 6.45) is 0.320. The number of amides is 1. The SMILES string of the molecule is Cc1cc2nnc(SCCC(=O)Nc3ccc(F)cc3)n2c2ccccc12. The second-order valence-electron chi connectivity index (χ2n) is 6.17. The summed E-state index contributed by atoms with van der Waals surface area (Å²) in [6, 6.07) is 15.9. The van der Waals surface area contributed by atoms with Crippen LogP contribution in [0.15, 0.2) is 59.8 Å². The van der Waals surface area contributed by atoms with Crippen LogP contribution in [0.25, 0.3) is 16.6 Å². The van der Waals surface area contributed by atoms with Crippen molar-refractivity contribution in [2.45, 2.75) is 18.5 Å². The van der Waals surface area contributed by atoms with Crippen LogP contribution in [0.1, 0.15) is 12.0 Å². The third kappa shape index (κ3) is 3.64. The summed E-state index contributed by atoms with van der Waals surface area (Å²) < 4.78 is 14.9. The van der Waals surface area contributed by atoms with Gasteiger partial charge in [-0.25, -0.2) is 4.39 Å². The first-order valence-corrected chi connectivity index (χ1v) is 9.52. The van der Waals surface area contributed by atoms with Crippen molar-refractivity contribution in [2.75, 3.05) is 11.1 Å². The molecule has 0 unspecified atom stereocenters. The number of nitrogens with zero attached hydrogens (tertiary/aromatic N) is 3. The minimum atomic E-state index is -0.329. The third-order valence-corrected chi connectivity index (χ3v) is 5.19. The van der Waals surface area contributed by atoms with Gasteiger partial charge in [-0.3, -0.25) is 9.20 Å². The van der Waals surface area contributed by atoms with Gasteiger partial charge in [0, 0.05) is 23.2 Å². The molecular weight excluding hydrogens is 363 g/mol. The molecule has 4 aromatic rings. The van der Waals surface area contributed by atoms with Crippen LogP contribution >= 0.6 is 11.8 Å². The molecule has 2 heterocycles. The Balaban J connectivity index is 1.47. The summed E-state index contributed by atoms with van der Waals surface area (Å²) >= 11 is 1.49. The average molecular weight is 380 g/mol. The molecule has 0 aliphatic rings. The quantitative estimate of drug-likeness (QED) is 0.520. The van der Waals surface area contributed by atoms with E-state index >= 15 is 0 Å². The normalized spacial score (nSPS) is 11.2. The van der Waals surface area contributed by atoms with Crippen molar-refractivity contribution in [1.82, 2.24) is 14.6 Å². The van der Waals surface area contributed by atoms with Crippen molar-refractivity contribution in [1.29, 1.82) is 0 Å². The summed E-state index contributed by atoms with van der Waals surface area (Å²) in [5.41, 5.74) is 3.58. The molecule has 0 spiro atoms. The zero-order valence-corrected chi connectivity index (χ0v) is 15.5. The van der Waals surface area contributed by atoms with Gasteiger partial charge in [0.05, 0.1) is 5.52 Å². The van der Waals surface area contributed by atoms with E-state index in [1.54, 1.807) is 12.1 Å². The largest absolute Gasteiger partial charge is 0.326 e. The fraction of sp³-hybridized carbons (Fsp3) is 0.150. The molecule has 0 aliphatic carbocycles. The number of halogens is 1. The van der Waals surface area contributed by atoms with Gasteiger partial charge in [0.1, 0.15) is 5.82 Å². The van der Waals surface area contributed by atoms with Gasteiger partial charge < -0.3 is 5.32 Å². The Bertz CT molecular complexity index is 1120. The van der Waals surface area contributed by atoms with Crippen molar-refractivity contribution in [3.8, 4) is 0 Å². The first-order valence-electron chi connectivity index (χ1n) is 8.53. The highest BCUT2D eigenvalue weighted by molar-refractivity contribution is 7.99. The molecule has 27 heavy (non-hydrogen) atoms. The Morgan fingerprint density at radius 3 is 2.74 bits per heavy atom. The molecule has 136 valence electrons. The van der Waals surface area contributed by atoms with E-state index in [0.717, 1.165) is 27.3 Å². The maximum Gasteiger partial charge on any atom is 0.225 e. The van der Waals surface area contributed by atoms with E-state index in [1.165, 1.54) is 23.9 Å². The fourth-order valence-corrected chi connectivity index (χ4v) is 3.85. The number of hydrogen-bond donors (Lipinski definition) is 1. The molecule has 0 fully saturated rings. The van der Waals surface area contributed by atoms with Crippen molar-refractivity contribution < 1.29 is 9.18 Å². The zero-order valence-electron chi connectivity index (χ0n) is 14.6. The summed E-state index contributed by atoms with van der Waals surface area (Å²) in [7, 11) is 0. The van der Waals surface area contributed by atoms with Crippen molar-refractivity contribution in [3.63, 3.8) is 0 Å². The van der Waals surface area contributed by atoms with Crippen LogP contribution in [0.4, 0.5) is 10.1 Å². The van der Waals surface area contributed by atoms with Crippen LogP contribution in [0.5, 0.6) is 0 Å². The van der Waals surface area contributed by atoms with Gasteiger partial charge in [0.15, 0.2) is 10.8 Å². The Kier molecular flexibility index (Phi) is 4.77. The monoisotopic (exact) mass is 380 g/mol. The molecule has 5 nitrogen and oxygen atoms in total. The molecule has 0 atom stereocenters. The minimum Gasteiger partial charge on any atom is -0.326 e.